The van der Waals surface area contributed by atoms with E-state index in [-0.39, 0.29) is 22.4 Å². The van der Waals surface area contributed by atoms with E-state index in [0.717, 1.165) is 18.1 Å². The predicted molar refractivity (Wildman–Crippen MR) is 79.2 cm³/mol. The van der Waals surface area contributed by atoms with Crippen molar-refractivity contribution >= 4 is 34.3 Å². The van der Waals surface area contributed by atoms with Crippen LogP contribution in [0.2, 0.25) is 5.02 Å². The van der Waals surface area contributed by atoms with E-state index in [0.29, 0.717) is 0 Å². The lowest BCUT2D eigenvalue weighted by Crippen LogP contribution is -2.18. The minimum Gasteiger partial charge on any atom is -0.377 e. The first-order valence-electron chi connectivity index (χ1n) is 5.88. The van der Waals surface area contributed by atoms with Gasteiger partial charge in [-0.05, 0) is 41.8 Å². The molecule has 7 heteroatoms. The third kappa shape index (κ3) is 3.46. The highest BCUT2D eigenvalue weighted by Gasteiger charge is 2.19. The summed E-state index contributed by atoms with van der Waals surface area (Å²) >= 11 is 7.27. The van der Waals surface area contributed by atoms with Crippen LogP contribution in [0.3, 0.4) is 0 Å². The van der Waals surface area contributed by atoms with Gasteiger partial charge in [-0.15, -0.1) is 0 Å². The highest BCUT2D eigenvalue weighted by Crippen LogP contribution is 2.31. The number of hydrogen-bond acceptors (Lipinski definition) is 4. The average Bonchev–Trinajstić information content (AvgIpc) is 2.85. The summed E-state index contributed by atoms with van der Waals surface area (Å²) in [6.45, 7) is 1.90. The zero-order valence-electron chi connectivity index (χ0n) is 10.6. The molecule has 0 aliphatic heterocycles. The summed E-state index contributed by atoms with van der Waals surface area (Å²) in [4.78, 5) is 10.3. The lowest BCUT2D eigenvalue weighted by molar-refractivity contribution is -0.384. The number of nitrogens with zero attached hydrogens (tertiary/aromatic N) is 1. The number of halogens is 2. The fraction of sp³-hybridized carbons (Fsp3) is 0.231. The van der Waals surface area contributed by atoms with Gasteiger partial charge in [-0.1, -0.05) is 11.6 Å². The third-order valence-electron chi connectivity index (χ3n) is 2.76. The highest BCUT2D eigenvalue weighted by atomic mass is 35.5. The minimum atomic E-state index is -0.797. The van der Waals surface area contributed by atoms with Crippen molar-refractivity contribution in [3.8, 4) is 0 Å². The third-order valence-corrected chi connectivity index (χ3v) is 3.78. The zero-order valence-corrected chi connectivity index (χ0v) is 12.2. The van der Waals surface area contributed by atoms with Crippen LogP contribution in [0.25, 0.3) is 0 Å². The van der Waals surface area contributed by atoms with Crippen molar-refractivity contribution in [1.82, 2.24) is 0 Å². The maximum atomic E-state index is 13.3. The molecule has 0 aliphatic carbocycles. The van der Waals surface area contributed by atoms with Crippen molar-refractivity contribution in [1.29, 1.82) is 0 Å². The van der Waals surface area contributed by atoms with E-state index in [4.69, 9.17) is 11.6 Å². The summed E-state index contributed by atoms with van der Waals surface area (Å²) in [6, 6.07) is 4.04. The van der Waals surface area contributed by atoms with Gasteiger partial charge in [-0.25, -0.2) is 4.39 Å². The van der Waals surface area contributed by atoms with Gasteiger partial charge in [-0.3, -0.25) is 10.1 Å². The molecule has 2 aromatic rings. The molecule has 4 nitrogen and oxygen atoms in total. The van der Waals surface area contributed by atoms with Crippen molar-refractivity contribution in [2.45, 2.75) is 19.4 Å². The van der Waals surface area contributed by atoms with Crippen LogP contribution in [0.4, 0.5) is 15.8 Å². The van der Waals surface area contributed by atoms with Crippen LogP contribution >= 0.6 is 22.9 Å². The smallest absolute Gasteiger partial charge is 0.295 e. The molecule has 0 spiro atoms. The van der Waals surface area contributed by atoms with Crippen LogP contribution in [0.15, 0.2) is 29.0 Å². The van der Waals surface area contributed by atoms with Gasteiger partial charge in [-0.2, -0.15) is 11.3 Å². The molecular formula is C13H12ClFN2O2S. The Hall–Kier alpha value is -1.66. The first-order chi connectivity index (χ1) is 9.47. The number of nitro benzene ring substituents is 1. The molecule has 20 heavy (non-hydrogen) atoms. The van der Waals surface area contributed by atoms with E-state index in [2.05, 4.69) is 5.32 Å². The van der Waals surface area contributed by atoms with E-state index in [9.17, 15) is 14.5 Å². The number of thiophene rings is 1. The summed E-state index contributed by atoms with van der Waals surface area (Å²) in [7, 11) is 0. The van der Waals surface area contributed by atoms with Gasteiger partial charge in [0, 0.05) is 6.04 Å². The van der Waals surface area contributed by atoms with Crippen molar-refractivity contribution in [2.75, 3.05) is 5.32 Å². The fourth-order valence-electron chi connectivity index (χ4n) is 1.88. The minimum absolute atomic E-state index is 0.0372. The monoisotopic (exact) mass is 314 g/mol. The maximum Gasteiger partial charge on any atom is 0.295 e. The van der Waals surface area contributed by atoms with E-state index < -0.39 is 10.7 Å². The number of benzene rings is 1. The lowest BCUT2D eigenvalue weighted by Gasteiger charge is -2.15. The molecule has 1 unspecified atom stereocenters. The van der Waals surface area contributed by atoms with Crippen LogP contribution in [0.5, 0.6) is 0 Å². The highest BCUT2D eigenvalue weighted by molar-refractivity contribution is 7.07. The van der Waals surface area contributed by atoms with Crippen LogP contribution in [-0.4, -0.2) is 11.0 Å². The molecule has 1 atom stereocenters. The Balaban J connectivity index is 2.19. The van der Waals surface area contributed by atoms with Crippen LogP contribution in [0, 0.1) is 15.9 Å². The Bertz CT molecular complexity index is 619. The van der Waals surface area contributed by atoms with Gasteiger partial charge in [0.1, 0.15) is 11.5 Å². The topological polar surface area (TPSA) is 55.2 Å². The van der Waals surface area contributed by atoms with Gasteiger partial charge in [0.25, 0.3) is 5.69 Å². The maximum absolute atomic E-state index is 13.3. The normalized spacial score (nSPS) is 12.2. The Labute approximate surface area is 124 Å². The SMILES string of the molecule is CC(Cc1ccsc1)Nc1cc(Cl)c(F)cc1[N+](=O)[O-]. The molecule has 1 N–H and O–H groups in total. The summed E-state index contributed by atoms with van der Waals surface area (Å²) in [5, 5.41) is 17.8. The van der Waals surface area contributed by atoms with Crippen molar-refractivity contribution in [2.24, 2.45) is 0 Å². The molecule has 0 fully saturated rings. The second-order valence-corrected chi connectivity index (χ2v) is 5.61. The van der Waals surface area contributed by atoms with Gasteiger partial charge in [0.15, 0.2) is 0 Å². The van der Waals surface area contributed by atoms with Crippen molar-refractivity contribution in [3.05, 3.63) is 55.5 Å². The summed E-state index contributed by atoms with van der Waals surface area (Å²) < 4.78 is 13.3. The Morgan fingerprint density at radius 1 is 1.55 bits per heavy atom. The Kier molecular flexibility index (Phi) is 4.57. The number of hydrogen-bond donors (Lipinski definition) is 1. The first-order valence-corrected chi connectivity index (χ1v) is 7.20. The molecule has 0 aliphatic rings. The molecule has 2 rings (SSSR count). The van der Waals surface area contributed by atoms with Gasteiger partial charge in [0.2, 0.25) is 0 Å². The van der Waals surface area contributed by atoms with Crippen LogP contribution in [0.1, 0.15) is 12.5 Å². The summed E-state index contributed by atoms with van der Waals surface area (Å²) in [5.41, 5.74) is 1.05. The fourth-order valence-corrected chi connectivity index (χ4v) is 2.73. The molecule has 1 heterocycles. The van der Waals surface area contributed by atoms with Crippen LogP contribution in [-0.2, 0) is 6.42 Å². The van der Waals surface area contributed by atoms with E-state index >= 15 is 0 Å². The predicted octanol–water partition coefficient (Wildman–Crippen LogP) is 4.49. The number of rotatable bonds is 5. The number of nitro groups is 1. The molecule has 0 bridgehead atoms. The van der Waals surface area contributed by atoms with Crippen molar-refractivity contribution < 1.29 is 9.31 Å². The molecular weight excluding hydrogens is 303 g/mol. The molecule has 106 valence electrons. The van der Waals surface area contributed by atoms with Gasteiger partial charge >= 0.3 is 0 Å². The summed E-state index contributed by atoms with van der Waals surface area (Å²) in [6.07, 6.45) is 0.718. The molecule has 1 aromatic heterocycles. The average molecular weight is 315 g/mol. The standard InChI is InChI=1S/C13H12ClFN2O2S/c1-8(4-9-2-3-20-7-9)16-12-5-10(14)11(15)6-13(12)17(18)19/h2-3,5-8,16H,4H2,1H3. The zero-order chi connectivity index (χ0) is 14.7. The molecule has 0 amide bonds. The van der Waals surface area contributed by atoms with E-state index in [1.165, 1.54) is 6.07 Å². The van der Waals surface area contributed by atoms with E-state index in [1.807, 2.05) is 23.8 Å². The Morgan fingerprint density at radius 3 is 2.90 bits per heavy atom. The second-order valence-electron chi connectivity index (χ2n) is 4.42. The lowest BCUT2D eigenvalue weighted by atomic mass is 10.1. The van der Waals surface area contributed by atoms with E-state index in [1.54, 1.807) is 11.3 Å². The van der Waals surface area contributed by atoms with Crippen LogP contribution < -0.4 is 5.32 Å². The molecule has 0 saturated heterocycles. The number of anilines is 1. The quantitative estimate of drug-likeness (QED) is 0.653. The molecule has 0 radical (unpaired) electrons. The first kappa shape index (κ1) is 14.7. The Morgan fingerprint density at radius 2 is 2.30 bits per heavy atom. The number of nitrogens with one attached hydrogen (secondary N) is 1. The molecule has 1 aromatic carbocycles. The largest absolute Gasteiger partial charge is 0.377 e. The van der Waals surface area contributed by atoms with Gasteiger partial charge in [0.05, 0.1) is 16.0 Å². The molecule has 0 saturated carbocycles. The van der Waals surface area contributed by atoms with Gasteiger partial charge < -0.3 is 5.32 Å². The summed E-state index contributed by atoms with van der Waals surface area (Å²) in [5.74, 6) is -0.797. The van der Waals surface area contributed by atoms with Crippen molar-refractivity contribution in [3.63, 3.8) is 0 Å². The second kappa shape index (κ2) is 6.19.